The van der Waals surface area contributed by atoms with Crippen LogP contribution in [0.1, 0.15) is 50.7 Å². The predicted molar refractivity (Wildman–Crippen MR) is 90.1 cm³/mol. The lowest BCUT2D eigenvalue weighted by Gasteiger charge is -2.10. The van der Waals surface area contributed by atoms with Crippen molar-refractivity contribution in [3.05, 3.63) is 16.1 Å². The molecule has 0 radical (unpaired) electrons. The second kappa shape index (κ2) is 10.6. The molecule has 0 unspecified atom stereocenters. The molecule has 0 aliphatic heterocycles. The minimum atomic E-state index is 0.476. The zero-order chi connectivity index (χ0) is 15.5. The van der Waals surface area contributed by atoms with E-state index in [9.17, 15) is 0 Å². The van der Waals surface area contributed by atoms with Crippen LogP contribution in [0.25, 0.3) is 0 Å². The van der Waals surface area contributed by atoms with Gasteiger partial charge in [-0.2, -0.15) is 0 Å². The molecule has 0 atom stereocenters. The van der Waals surface area contributed by atoms with Gasteiger partial charge in [-0.05, 0) is 26.2 Å². The quantitative estimate of drug-likeness (QED) is 0.418. The Morgan fingerprint density at radius 1 is 1.38 bits per heavy atom. The van der Waals surface area contributed by atoms with Crippen molar-refractivity contribution in [3.8, 4) is 0 Å². The average Bonchev–Trinajstić information content (AvgIpc) is 2.93. The summed E-state index contributed by atoms with van der Waals surface area (Å²) in [5.74, 6) is 1.32. The topological polar surface area (TPSA) is 58.5 Å². The van der Waals surface area contributed by atoms with E-state index in [0.29, 0.717) is 12.5 Å². The van der Waals surface area contributed by atoms with Crippen LogP contribution in [-0.4, -0.2) is 37.2 Å². The molecule has 1 aromatic rings. The predicted octanol–water partition coefficient (Wildman–Crippen LogP) is 2.75. The smallest absolute Gasteiger partial charge is 0.191 e. The second-order valence-electron chi connectivity index (χ2n) is 4.99. The average molecular weight is 312 g/mol. The summed E-state index contributed by atoms with van der Waals surface area (Å²) in [6.45, 7) is 12.3. The summed E-state index contributed by atoms with van der Waals surface area (Å²) in [6, 6.07) is 0. The van der Waals surface area contributed by atoms with Gasteiger partial charge in [0.05, 0.1) is 12.2 Å². The first-order chi connectivity index (χ1) is 10.2. The zero-order valence-corrected chi connectivity index (χ0v) is 14.4. The summed E-state index contributed by atoms with van der Waals surface area (Å²) in [7, 11) is 0. The van der Waals surface area contributed by atoms with Crippen molar-refractivity contribution in [1.82, 2.24) is 15.6 Å². The van der Waals surface area contributed by atoms with Gasteiger partial charge in [0.2, 0.25) is 0 Å². The first-order valence-electron chi connectivity index (χ1n) is 7.71. The van der Waals surface area contributed by atoms with Crippen molar-refractivity contribution in [2.45, 2.75) is 46.6 Å². The van der Waals surface area contributed by atoms with Crippen molar-refractivity contribution in [1.29, 1.82) is 0 Å². The van der Waals surface area contributed by atoms with Crippen molar-refractivity contribution >= 4 is 17.3 Å². The lowest BCUT2D eigenvalue weighted by atomic mass is 10.2. The van der Waals surface area contributed by atoms with Crippen LogP contribution in [0.3, 0.4) is 0 Å². The summed E-state index contributed by atoms with van der Waals surface area (Å²) in [5.41, 5.74) is 1.15. The fraction of sp³-hybridized carbons (Fsp3) is 0.733. The van der Waals surface area contributed by atoms with Gasteiger partial charge >= 0.3 is 0 Å². The zero-order valence-electron chi connectivity index (χ0n) is 13.6. The fourth-order valence-electron chi connectivity index (χ4n) is 1.68. The fourth-order valence-corrected chi connectivity index (χ4v) is 2.56. The highest BCUT2D eigenvalue weighted by atomic mass is 32.1. The molecule has 0 saturated heterocycles. The van der Waals surface area contributed by atoms with E-state index in [-0.39, 0.29) is 0 Å². The standard InChI is InChI=1S/C15H28N4OS/c1-5-16-15(17-8-7-9-20-6-2)18-10-14-19-13(11-21-14)12(3)4/h11-12H,5-10H2,1-4H3,(H2,16,17,18). The number of hydrogen-bond acceptors (Lipinski definition) is 4. The number of nitrogens with zero attached hydrogens (tertiary/aromatic N) is 2. The minimum absolute atomic E-state index is 0.476. The Bertz CT molecular complexity index is 418. The monoisotopic (exact) mass is 312 g/mol. The van der Waals surface area contributed by atoms with E-state index < -0.39 is 0 Å². The van der Waals surface area contributed by atoms with Gasteiger partial charge in [-0.1, -0.05) is 13.8 Å². The van der Waals surface area contributed by atoms with E-state index in [0.717, 1.165) is 49.4 Å². The summed E-state index contributed by atoms with van der Waals surface area (Å²) < 4.78 is 5.32. The molecule has 0 aliphatic rings. The summed E-state index contributed by atoms with van der Waals surface area (Å²) >= 11 is 1.68. The molecule has 0 aromatic carbocycles. The highest BCUT2D eigenvalue weighted by molar-refractivity contribution is 7.09. The minimum Gasteiger partial charge on any atom is -0.382 e. The van der Waals surface area contributed by atoms with Crippen LogP contribution in [0.15, 0.2) is 10.4 Å². The third-order valence-electron chi connectivity index (χ3n) is 2.84. The van der Waals surface area contributed by atoms with Gasteiger partial charge in [0.1, 0.15) is 5.01 Å². The first-order valence-corrected chi connectivity index (χ1v) is 8.59. The molecule has 6 heteroatoms. The SMILES string of the molecule is CCNC(=NCc1nc(C(C)C)cs1)NCCCOCC. The maximum atomic E-state index is 5.32. The Kier molecular flexibility index (Phi) is 9.01. The van der Waals surface area contributed by atoms with E-state index in [1.165, 1.54) is 0 Å². The van der Waals surface area contributed by atoms with Gasteiger partial charge in [-0.15, -0.1) is 11.3 Å². The molecule has 2 N–H and O–H groups in total. The van der Waals surface area contributed by atoms with E-state index in [1.54, 1.807) is 11.3 Å². The number of thiazole rings is 1. The van der Waals surface area contributed by atoms with Gasteiger partial charge in [-0.25, -0.2) is 9.98 Å². The Morgan fingerprint density at radius 3 is 2.81 bits per heavy atom. The lowest BCUT2D eigenvalue weighted by molar-refractivity contribution is 0.145. The highest BCUT2D eigenvalue weighted by Crippen LogP contribution is 2.18. The molecule has 21 heavy (non-hydrogen) atoms. The first kappa shape index (κ1) is 17.9. The van der Waals surface area contributed by atoms with Crippen molar-refractivity contribution in [3.63, 3.8) is 0 Å². The van der Waals surface area contributed by atoms with Gasteiger partial charge < -0.3 is 15.4 Å². The summed E-state index contributed by atoms with van der Waals surface area (Å²) in [4.78, 5) is 9.17. The molecular weight excluding hydrogens is 284 g/mol. The van der Waals surface area contributed by atoms with Crippen LogP contribution in [0.5, 0.6) is 0 Å². The maximum absolute atomic E-state index is 5.32. The molecule has 0 fully saturated rings. The molecule has 1 heterocycles. The number of hydrogen-bond donors (Lipinski definition) is 2. The molecule has 120 valence electrons. The normalized spacial score (nSPS) is 12.0. The van der Waals surface area contributed by atoms with Crippen molar-refractivity contribution in [2.24, 2.45) is 4.99 Å². The number of guanidine groups is 1. The van der Waals surface area contributed by atoms with E-state index >= 15 is 0 Å². The molecule has 0 aliphatic carbocycles. The summed E-state index contributed by atoms with van der Waals surface area (Å²) in [6.07, 6.45) is 0.979. The van der Waals surface area contributed by atoms with E-state index in [2.05, 4.69) is 46.8 Å². The Balaban J connectivity index is 2.42. The van der Waals surface area contributed by atoms with Gasteiger partial charge in [0.25, 0.3) is 0 Å². The molecule has 0 amide bonds. The maximum Gasteiger partial charge on any atom is 0.191 e. The Hall–Kier alpha value is -1.14. The number of ether oxygens (including phenoxy) is 1. The number of aromatic nitrogens is 1. The van der Waals surface area contributed by atoms with Crippen LogP contribution in [0.2, 0.25) is 0 Å². The van der Waals surface area contributed by atoms with E-state index in [1.807, 2.05) is 6.92 Å². The number of nitrogens with one attached hydrogen (secondary N) is 2. The number of aliphatic imine (C=N–C) groups is 1. The lowest BCUT2D eigenvalue weighted by Crippen LogP contribution is -2.38. The summed E-state index contributed by atoms with van der Waals surface area (Å²) in [5, 5.41) is 9.75. The van der Waals surface area contributed by atoms with E-state index in [4.69, 9.17) is 4.74 Å². The third kappa shape index (κ3) is 7.43. The second-order valence-corrected chi connectivity index (χ2v) is 5.94. The number of rotatable bonds is 9. The third-order valence-corrected chi connectivity index (χ3v) is 3.69. The molecule has 5 nitrogen and oxygen atoms in total. The van der Waals surface area contributed by atoms with Crippen LogP contribution < -0.4 is 10.6 Å². The Labute approximate surface area is 132 Å². The van der Waals surface area contributed by atoms with Crippen LogP contribution in [0, 0.1) is 0 Å². The molecule has 1 rings (SSSR count). The van der Waals surface area contributed by atoms with Gasteiger partial charge in [-0.3, -0.25) is 0 Å². The van der Waals surface area contributed by atoms with Crippen LogP contribution >= 0.6 is 11.3 Å². The molecule has 0 bridgehead atoms. The van der Waals surface area contributed by atoms with Crippen LogP contribution in [-0.2, 0) is 11.3 Å². The molecular formula is C15H28N4OS. The van der Waals surface area contributed by atoms with Crippen molar-refractivity contribution in [2.75, 3.05) is 26.3 Å². The Morgan fingerprint density at radius 2 is 2.19 bits per heavy atom. The molecule has 0 saturated carbocycles. The largest absolute Gasteiger partial charge is 0.382 e. The molecule has 0 spiro atoms. The van der Waals surface area contributed by atoms with Crippen molar-refractivity contribution < 1.29 is 4.74 Å². The molecule has 1 aromatic heterocycles. The van der Waals surface area contributed by atoms with Gasteiger partial charge in [0, 0.05) is 31.7 Å². The van der Waals surface area contributed by atoms with Gasteiger partial charge in [0.15, 0.2) is 5.96 Å². The van der Waals surface area contributed by atoms with Crippen LogP contribution in [0.4, 0.5) is 0 Å². The highest BCUT2D eigenvalue weighted by Gasteiger charge is 2.05.